The van der Waals surface area contributed by atoms with Gasteiger partial charge in [0, 0.05) is 6.42 Å². The molecule has 0 bridgehead atoms. The van der Waals surface area contributed by atoms with E-state index in [1.165, 1.54) is 69.9 Å². The normalized spacial score (nSPS) is 11.3. The van der Waals surface area contributed by atoms with Gasteiger partial charge in [-0.15, -0.1) is 0 Å². The predicted octanol–water partition coefficient (Wildman–Crippen LogP) is 4.81. The van der Waals surface area contributed by atoms with Crippen molar-refractivity contribution in [3.63, 3.8) is 0 Å². The van der Waals surface area contributed by atoms with Crippen molar-refractivity contribution in [3.8, 4) is 0 Å². The third kappa shape index (κ3) is 15.3. The summed E-state index contributed by atoms with van der Waals surface area (Å²) in [5.41, 5.74) is 0. The number of carbonyl (C=O) groups is 1. The van der Waals surface area contributed by atoms with Gasteiger partial charge in [-0.2, -0.15) is 0 Å². The SMILES string of the molecule is CCCCCCCCCCCCCC(=O)/C=C/CO. The zero-order chi connectivity index (χ0) is 14.2. The fourth-order valence-electron chi connectivity index (χ4n) is 2.23. The molecule has 0 aliphatic rings. The van der Waals surface area contributed by atoms with Gasteiger partial charge in [0.2, 0.25) is 0 Å². The Balaban J connectivity index is 3.10. The molecule has 0 fully saturated rings. The van der Waals surface area contributed by atoms with Gasteiger partial charge in [-0.3, -0.25) is 4.79 Å². The second-order valence-corrected chi connectivity index (χ2v) is 5.34. The summed E-state index contributed by atoms with van der Waals surface area (Å²) in [4.78, 5) is 11.3. The van der Waals surface area contributed by atoms with E-state index in [0.29, 0.717) is 6.42 Å². The summed E-state index contributed by atoms with van der Waals surface area (Å²) >= 11 is 0. The summed E-state index contributed by atoms with van der Waals surface area (Å²) < 4.78 is 0. The van der Waals surface area contributed by atoms with Crippen LogP contribution in [-0.2, 0) is 4.79 Å². The molecule has 0 aromatic rings. The van der Waals surface area contributed by atoms with E-state index < -0.39 is 0 Å². The summed E-state index contributed by atoms with van der Waals surface area (Å²) in [6, 6.07) is 0. The molecule has 0 aliphatic heterocycles. The largest absolute Gasteiger partial charge is 0.392 e. The van der Waals surface area contributed by atoms with E-state index in [4.69, 9.17) is 5.11 Å². The van der Waals surface area contributed by atoms with Crippen molar-refractivity contribution in [3.05, 3.63) is 12.2 Å². The van der Waals surface area contributed by atoms with Crippen LogP contribution in [0.25, 0.3) is 0 Å². The highest BCUT2D eigenvalue weighted by Gasteiger charge is 1.97. The Morgan fingerprint density at radius 1 is 0.842 bits per heavy atom. The van der Waals surface area contributed by atoms with Crippen molar-refractivity contribution < 1.29 is 9.90 Å². The van der Waals surface area contributed by atoms with Crippen molar-refractivity contribution >= 4 is 5.78 Å². The van der Waals surface area contributed by atoms with E-state index in [-0.39, 0.29) is 12.4 Å². The molecule has 0 amide bonds. The minimum Gasteiger partial charge on any atom is -0.392 e. The molecule has 0 heterocycles. The van der Waals surface area contributed by atoms with Gasteiger partial charge >= 0.3 is 0 Å². The number of aliphatic hydroxyl groups is 1. The van der Waals surface area contributed by atoms with Gasteiger partial charge in [0.25, 0.3) is 0 Å². The van der Waals surface area contributed by atoms with E-state index >= 15 is 0 Å². The molecule has 0 spiro atoms. The zero-order valence-corrected chi connectivity index (χ0v) is 12.7. The van der Waals surface area contributed by atoms with E-state index in [9.17, 15) is 4.79 Å². The molecule has 19 heavy (non-hydrogen) atoms. The molecule has 2 heteroatoms. The fraction of sp³-hybridized carbons (Fsp3) is 0.824. The summed E-state index contributed by atoms with van der Waals surface area (Å²) in [6.45, 7) is 2.22. The minimum atomic E-state index is -0.0377. The maximum absolute atomic E-state index is 11.3. The first-order valence-corrected chi connectivity index (χ1v) is 8.11. The number of hydrogen-bond acceptors (Lipinski definition) is 2. The monoisotopic (exact) mass is 268 g/mol. The molecule has 2 nitrogen and oxygen atoms in total. The summed E-state index contributed by atoms with van der Waals surface area (Å²) in [5.74, 6) is 0.143. The lowest BCUT2D eigenvalue weighted by molar-refractivity contribution is -0.114. The van der Waals surface area contributed by atoms with Crippen molar-refractivity contribution in [1.82, 2.24) is 0 Å². The van der Waals surface area contributed by atoms with Crippen LogP contribution in [0, 0.1) is 0 Å². The van der Waals surface area contributed by atoms with Crippen molar-refractivity contribution in [2.24, 2.45) is 0 Å². The molecular weight excluding hydrogens is 236 g/mol. The topological polar surface area (TPSA) is 37.3 Å². The van der Waals surface area contributed by atoms with Crippen LogP contribution in [0.2, 0.25) is 0 Å². The maximum Gasteiger partial charge on any atom is 0.155 e. The number of unbranched alkanes of at least 4 members (excludes halogenated alkanes) is 10. The Kier molecular flexibility index (Phi) is 14.9. The number of ketones is 1. The first-order valence-electron chi connectivity index (χ1n) is 8.11. The number of rotatable bonds is 14. The molecule has 112 valence electrons. The van der Waals surface area contributed by atoms with Crippen LogP contribution in [0.15, 0.2) is 12.2 Å². The lowest BCUT2D eigenvalue weighted by atomic mass is 10.0. The summed E-state index contributed by atoms with van der Waals surface area (Å²) in [6.07, 6.45) is 18.0. The van der Waals surface area contributed by atoms with Gasteiger partial charge < -0.3 is 5.11 Å². The Hall–Kier alpha value is -0.630. The van der Waals surface area contributed by atoms with Gasteiger partial charge in [-0.1, -0.05) is 77.2 Å². The Morgan fingerprint density at radius 2 is 1.32 bits per heavy atom. The smallest absolute Gasteiger partial charge is 0.155 e. The van der Waals surface area contributed by atoms with Gasteiger partial charge in [0.15, 0.2) is 5.78 Å². The lowest BCUT2D eigenvalue weighted by Crippen LogP contribution is -1.93. The molecule has 0 unspecified atom stereocenters. The minimum absolute atomic E-state index is 0.0377. The lowest BCUT2D eigenvalue weighted by Gasteiger charge is -2.02. The predicted molar refractivity (Wildman–Crippen MR) is 82.3 cm³/mol. The van der Waals surface area contributed by atoms with E-state index in [1.54, 1.807) is 0 Å². The average molecular weight is 268 g/mol. The van der Waals surface area contributed by atoms with Crippen LogP contribution in [0.5, 0.6) is 0 Å². The number of allylic oxidation sites excluding steroid dienone is 1. The molecule has 0 rings (SSSR count). The summed E-state index contributed by atoms with van der Waals surface area (Å²) in [7, 11) is 0. The van der Waals surface area contributed by atoms with Crippen molar-refractivity contribution in [2.75, 3.05) is 6.61 Å². The Morgan fingerprint density at radius 3 is 1.79 bits per heavy atom. The van der Waals surface area contributed by atoms with Crippen molar-refractivity contribution in [2.45, 2.75) is 84.0 Å². The van der Waals surface area contributed by atoms with Gasteiger partial charge in [0.05, 0.1) is 6.61 Å². The Bertz CT molecular complexity index is 221. The van der Waals surface area contributed by atoms with E-state index in [2.05, 4.69) is 6.92 Å². The second kappa shape index (κ2) is 15.4. The van der Waals surface area contributed by atoms with Crippen LogP contribution in [0.1, 0.15) is 84.0 Å². The molecule has 0 saturated carbocycles. The highest BCUT2D eigenvalue weighted by atomic mass is 16.2. The quantitative estimate of drug-likeness (QED) is 0.363. The van der Waals surface area contributed by atoms with Gasteiger partial charge in [0.1, 0.15) is 0 Å². The first-order chi connectivity index (χ1) is 9.31. The zero-order valence-electron chi connectivity index (χ0n) is 12.7. The number of hydrogen-bond donors (Lipinski definition) is 1. The van der Waals surface area contributed by atoms with Crippen molar-refractivity contribution in [1.29, 1.82) is 0 Å². The van der Waals surface area contributed by atoms with Crippen LogP contribution >= 0.6 is 0 Å². The second-order valence-electron chi connectivity index (χ2n) is 5.34. The molecule has 0 radical (unpaired) electrons. The van der Waals surface area contributed by atoms with Gasteiger partial charge in [-0.25, -0.2) is 0 Å². The molecular formula is C17H32O2. The third-order valence-corrected chi connectivity index (χ3v) is 3.44. The van der Waals surface area contributed by atoms with Crippen LogP contribution in [0.3, 0.4) is 0 Å². The molecule has 0 saturated heterocycles. The highest BCUT2D eigenvalue weighted by Crippen LogP contribution is 2.12. The summed E-state index contributed by atoms with van der Waals surface area (Å²) in [5, 5.41) is 8.54. The number of carbonyl (C=O) groups excluding carboxylic acids is 1. The first kappa shape index (κ1) is 18.4. The standard InChI is InChI=1S/C17H32O2/c1-2-3-4-5-6-7-8-9-10-11-12-14-17(19)15-13-16-18/h13,15,18H,2-12,14,16H2,1H3/b15-13+. The van der Waals surface area contributed by atoms with E-state index in [0.717, 1.165) is 12.8 Å². The average Bonchev–Trinajstić information content (AvgIpc) is 2.42. The van der Waals surface area contributed by atoms with Crippen LogP contribution in [0.4, 0.5) is 0 Å². The molecule has 0 aliphatic carbocycles. The molecule has 0 atom stereocenters. The molecule has 0 aromatic carbocycles. The number of aliphatic hydroxyl groups excluding tert-OH is 1. The Labute approximate surface area is 119 Å². The molecule has 1 N–H and O–H groups in total. The van der Waals surface area contributed by atoms with Crippen LogP contribution in [-0.4, -0.2) is 17.5 Å². The highest BCUT2D eigenvalue weighted by molar-refractivity contribution is 5.89. The van der Waals surface area contributed by atoms with Crippen LogP contribution < -0.4 is 0 Å². The van der Waals surface area contributed by atoms with E-state index in [1.807, 2.05) is 0 Å². The molecule has 0 aromatic heterocycles. The van der Waals surface area contributed by atoms with Gasteiger partial charge in [-0.05, 0) is 12.5 Å². The third-order valence-electron chi connectivity index (χ3n) is 3.44. The fourth-order valence-corrected chi connectivity index (χ4v) is 2.23. The maximum atomic E-state index is 11.3.